The first-order valence-corrected chi connectivity index (χ1v) is 4.74. The highest BCUT2D eigenvalue weighted by atomic mass is 16.7. The Bertz CT molecular complexity index is 409. The van der Waals surface area contributed by atoms with E-state index in [0.717, 1.165) is 11.1 Å². The SMILES string of the molecule is C=C(C)COC1OC(=O)c2ccccc21. The largest absolute Gasteiger partial charge is 0.428 e. The molecule has 3 nitrogen and oxygen atoms in total. The van der Waals surface area contributed by atoms with E-state index >= 15 is 0 Å². The molecule has 0 saturated heterocycles. The Morgan fingerprint density at radius 2 is 2.27 bits per heavy atom. The van der Waals surface area contributed by atoms with Gasteiger partial charge >= 0.3 is 5.97 Å². The molecule has 15 heavy (non-hydrogen) atoms. The molecule has 0 spiro atoms. The summed E-state index contributed by atoms with van der Waals surface area (Å²) in [6.45, 7) is 5.98. The number of carbonyl (C=O) groups is 1. The van der Waals surface area contributed by atoms with Crippen molar-refractivity contribution in [2.24, 2.45) is 0 Å². The van der Waals surface area contributed by atoms with Crippen LogP contribution < -0.4 is 0 Å². The zero-order chi connectivity index (χ0) is 10.8. The normalized spacial score (nSPS) is 18.5. The molecule has 0 radical (unpaired) electrons. The molecule has 1 atom stereocenters. The molecule has 1 unspecified atom stereocenters. The van der Waals surface area contributed by atoms with Crippen molar-refractivity contribution in [2.45, 2.75) is 13.2 Å². The minimum Gasteiger partial charge on any atom is -0.428 e. The first-order chi connectivity index (χ1) is 7.18. The maximum Gasteiger partial charge on any atom is 0.341 e. The summed E-state index contributed by atoms with van der Waals surface area (Å²) in [5.74, 6) is -0.322. The molecular formula is C12H12O3. The molecule has 2 rings (SSSR count). The second-order valence-electron chi connectivity index (χ2n) is 3.59. The second-order valence-corrected chi connectivity index (χ2v) is 3.59. The Hall–Kier alpha value is -1.61. The molecule has 1 aliphatic rings. The van der Waals surface area contributed by atoms with Crippen molar-refractivity contribution in [3.05, 3.63) is 47.5 Å². The molecule has 1 heterocycles. The highest BCUT2D eigenvalue weighted by Crippen LogP contribution is 2.31. The van der Waals surface area contributed by atoms with Crippen LogP contribution in [0.2, 0.25) is 0 Å². The molecule has 78 valence electrons. The fourth-order valence-corrected chi connectivity index (χ4v) is 1.45. The van der Waals surface area contributed by atoms with Crippen molar-refractivity contribution in [2.75, 3.05) is 6.61 Å². The van der Waals surface area contributed by atoms with Crippen molar-refractivity contribution in [1.82, 2.24) is 0 Å². The quantitative estimate of drug-likeness (QED) is 0.560. The van der Waals surface area contributed by atoms with E-state index in [1.165, 1.54) is 0 Å². The van der Waals surface area contributed by atoms with E-state index in [1.807, 2.05) is 19.1 Å². The van der Waals surface area contributed by atoms with E-state index in [1.54, 1.807) is 12.1 Å². The highest BCUT2D eigenvalue weighted by molar-refractivity contribution is 5.93. The van der Waals surface area contributed by atoms with Crippen LogP contribution in [-0.4, -0.2) is 12.6 Å². The van der Waals surface area contributed by atoms with Crippen molar-refractivity contribution >= 4 is 5.97 Å². The van der Waals surface area contributed by atoms with E-state index in [-0.39, 0.29) is 5.97 Å². The maximum atomic E-state index is 11.4. The van der Waals surface area contributed by atoms with Gasteiger partial charge in [-0.15, -0.1) is 0 Å². The molecule has 1 aliphatic heterocycles. The smallest absolute Gasteiger partial charge is 0.341 e. The van der Waals surface area contributed by atoms with E-state index in [4.69, 9.17) is 9.47 Å². The van der Waals surface area contributed by atoms with Gasteiger partial charge in [0.05, 0.1) is 12.2 Å². The number of carbonyl (C=O) groups excluding carboxylic acids is 1. The molecule has 0 aromatic heterocycles. The molecule has 0 bridgehead atoms. The molecule has 0 saturated carbocycles. The lowest BCUT2D eigenvalue weighted by molar-refractivity contribution is -0.0961. The lowest BCUT2D eigenvalue weighted by atomic mass is 10.1. The van der Waals surface area contributed by atoms with Gasteiger partial charge in [0.1, 0.15) is 0 Å². The van der Waals surface area contributed by atoms with Crippen LogP contribution in [-0.2, 0) is 9.47 Å². The lowest BCUT2D eigenvalue weighted by Gasteiger charge is -2.11. The van der Waals surface area contributed by atoms with Gasteiger partial charge in [0, 0.05) is 5.56 Å². The summed E-state index contributed by atoms with van der Waals surface area (Å²) >= 11 is 0. The van der Waals surface area contributed by atoms with Gasteiger partial charge in [0.15, 0.2) is 0 Å². The summed E-state index contributed by atoms with van der Waals surface area (Å²) in [5.41, 5.74) is 2.28. The van der Waals surface area contributed by atoms with E-state index in [0.29, 0.717) is 12.2 Å². The number of benzene rings is 1. The van der Waals surface area contributed by atoms with Gasteiger partial charge in [-0.05, 0) is 13.0 Å². The van der Waals surface area contributed by atoms with Crippen LogP contribution in [0.25, 0.3) is 0 Å². The highest BCUT2D eigenvalue weighted by Gasteiger charge is 2.30. The Balaban J connectivity index is 2.17. The Labute approximate surface area is 88.3 Å². The lowest BCUT2D eigenvalue weighted by Crippen LogP contribution is -2.05. The first-order valence-electron chi connectivity index (χ1n) is 4.74. The number of hydrogen-bond acceptors (Lipinski definition) is 3. The monoisotopic (exact) mass is 204 g/mol. The standard InChI is InChI=1S/C12H12O3/c1-8(2)7-14-12-10-6-4-3-5-9(10)11(13)15-12/h3-6,12H,1,7H2,2H3. The third-order valence-corrected chi connectivity index (χ3v) is 2.13. The molecule has 3 heteroatoms. The predicted octanol–water partition coefficient (Wildman–Crippen LogP) is 2.45. The number of hydrogen-bond donors (Lipinski definition) is 0. The zero-order valence-corrected chi connectivity index (χ0v) is 8.53. The van der Waals surface area contributed by atoms with Crippen LogP contribution in [0.1, 0.15) is 29.1 Å². The number of esters is 1. The molecule has 1 aromatic rings. The van der Waals surface area contributed by atoms with Crippen LogP contribution in [0.3, 0.4) is 0 Å². The third kappa shape index (κ3) is 1.92. The van der Waals surface area contributed by atoms with Crippen LogP contribution in [0.4, 0.5) is 0 Å². The Morgan fingerprint density at radius 3 is 3.00 bits per heavy atom. The first kappa shape index (κ1) is 9.93. The summed E-state index contributed by atoms with van der Waals surface area (Å²) < 4.78 is 10.5. The summed E-state index contributed by atoms with van der Waals surface area (Å²) in [7, 11) is 0. The Morgan fingerprint density at radius 1 is 1.53 bits per heavy atom. The minimum absolute atomic E-state index is 0.322. The van der Waals surface area contributed by atoms with Crippen molar-refractivity contribution in [3.8, 4) is 0 Å². The molecule has 0 amide bonds. The molecule has 0 N–H and O–H groups in total. The Kier molecular flexibility index (Phi) is 2.56. The van der Waals surface area contributed by atoms with Gasteiger partial charge in [-0.25, -0.2) is 4.79 Å². The van der Waals surface area contributed by atoms with Crippen molar-refractivity contribution in [1.29, 1.82) is 0 Å². The van der Waals surface area contributed by atoms with Gasteiger partial charge in [0.2, 0.25) is 6.29 Å². The summed E-state index contributed by atoms with van der Waals surface area (Å²) in [5, 5.41) is 0. The van der Waals surface area contributed by atoms with E-state index in [2.05, 4.69) is 6.58 Å². The van der Waals surface area contributed by atoms with Crippen molar-refractivity contribution in [3.63, 3.8) is 0 Å². The molecule has 0 fully saturated rings. The fraction of sp³-hybridized carbons (Fsp3) is 0.250. The predicted molar refractivity (Wildman–Crippen MR) is 55.4 cm³/mol. The van der Waals surface area contributed by atoms with E-state index < -0.39 is 6.29 Å². The minimum atomic E-state index is -0.578. The summed E-state index contributed by atoms with van der Waals surface area (Å²) in [6, 6.07) is 7.24. The molecule has 1 aromatic carbocycles. The maximum absolute atomic E-state index is 11.4. The number of ether oxygens (including phenoxy) is 2. The summed E-state index contributed by atoms with van der Waals surface area (Å²) in [4.78, 5) is 11.4. The van der Waals surface area contributed by atoms with Crippen LogP contribution in [0.5, 0.6) is 0 Å². The van der Waals surface area contributed by atoms with E-state index in [9.17, 15) is 4.79 Å². The van der Waals surface area contributed by atoms with Crippen LogP contribution >= 0.6 is 0 Å². The fourth-order valence-electron chi connectivity index (χ4n) is 1.45. The average Bonchev–Trinajstić information content (AvgIpc) is 2.54. The van der Waals surface area contributed by atoms with Gasteiger partial charge < -0.3 is 9.47 Å². The number of fused-ring (bicyclic) bond motifs is 1. The van der Waals surface area contributed by atoms with Gasteiger partial charge in [-0.1, -0.05) is 30.4 Å². The van der Waals surface area contributed by atoms with Crippen molar-refractivity contribution < 1.29 is 14.3 Å². The van der Waals surface area contributed by atoms with Gasteiger partial charge in [0.25, 0.3) is 0 Å². The molecule has 0 aliphatic carbocycles. The number of rotatable bonds is 3. The van der Waals surface area contributed by atoms with Crippen LogP contribution in [0.15, 0.2) is 36.4 Å². The zero-order valence-electron chi connectivity index (χ0n) is 8.53. The summed E-state index contributed by atoms with van der Waals surface area (Å²) in [6.07, 6.45) is -0.578. The third-order valence-electron chi connectivity index (χ3n) is 2.13. The second kappa shape index (κ2) is 3.87. The number of cyclic esters (lactones) is 1. The van der Waals surface area contributed by atoms with Gasteiger partial charge in [-0.3, -0.25) is 0 Å². The van der Waals surface area contributed by atoms with Crippen LogP contribution in [0, 0.1) is 0 Å². The molecular weight excluding hydrogens is 192 g/mol. The van der Waals surface area contributed by atoms with Gasteiger partial charge in [-0.2, -0.15) is 0 Å². The average molecular weight is 204 g/mol. The topological polar surface area (TPSA) is 35.5 Å².